The number of aromatic nitrogens is 3. The fraction of sp³-hybridized carbons (Fsp3) is 0.375. The molecule has 1 atom stereocenters. The zero-order chi connectivity index (χ0) is 22.1. The highest BCUT2D eigenvalue weighted by Crippen LogP contribution is 2.31. The molecular weight excluding hydrogens is 392 g/mol. The summed E-state index contributed by atoms with van der Waals surface area (Å²) in [5, 5.41) is 7.16. The van der Waals surface area contributed by atoms with Crippen LogP contribution in [0.4, 0.5) is 0 Å². The first-order chi connectivity index (χ1) is 15.1. The number of carbonyl (C=O) groups is 1. The van der Waals surface area contributed by atoms with Gasteiger partial charge in [-0.15, -0.1) is 0 Å². The monoisotopic (exact) mass is 422 g/mol. The number of rotatable bonds is 11. The first-order valence-electron chi connectivity index (χ1n) is 10.7. The summed E-state index contributed by atoms with van der Waals surface area (Å²) in [7, 11) is 0. The van der Waals surface area contributed by atoms with Gasteiger partial charge in [-0.1, -0.05) is 32.0 Å². The number of benzene rings is 2. The molecule has 1 heterocycles. The third-order valence-corrected chi connectivity index (χ3v) is 4.77. The predicted octanol–water partition coefficient (Wildman–Crippen LogP) is 4.40. The number of nitrogens with zero attached hydrogens (tertiary/aromatic N) is 3. The first-order valence-corrected chi connectivity index (χ1v) is 10.7. The van der Waals surface area contributed by atoms with Gasteiger partial charge in [0.2, 0.25) is 0 Å². The largest absolute Gasteiger partial charge is 0.490 e. The van der Waals surface area contributed by atoms with E-state index in [0.29, 0.717) is 31.1 Å². The van der Waals surface area contributed by atoms with Gasteiger partial charge >= 0.3 is 0 Å². The lowest BCUT2D eigenvalue weighted by molar-refractivity contribution is 0.0940. The minimum Gasteiger partial charge on any atom is -0.490 e. The van der Waals surface area contributed by atoms with Gasteiger partial charge in [0.25, 0.3) is 5.91 Å². The van der Waals surface area contributed by atoms with Crippen LogP contribution in [0.25, 0.3) is 0 Å². The molecule has 0 aliphatic rings. The minimum atomic E-state index is -0.175. The first kappa shape index (κ1) is 22.3. The van der Waals surface area contributed by atoms with E-state index < -0.39 is 0 Å². The summed E-state index contributed by atoms with van der Waals surface area (Å²) in [5.74, 6) is 1.33. The zero-order valence-corrected chi connectivity index (χ0v) is 18.4. The molecule has 164 valence electrons. The third kappa shape index (κ3) is 6.31. The highest BCUT2D eigenvalue weighted by molar-refractivity contribution is 5.94. The molecule has 0 radical (unpaired) electrons. The Morgan fingerprint density at radius 3 is 2.39 bits per heavy atom. The molecule has 1 amide bonds. The van der Waals surface area contributed by atoms with Crippen LogP contribution in [0.1, 0.15) is 61.1 Å². The van der Waals surface area contributed by atoms with E-state index in [1.807, 2.05) is 49.4 Å². The van der Waals surface area contributed by atoms with E-state index in [1.54, 1.807) is 11.0 Å². The molecule has 7 nitrogen and oxygen atoms in total. The lowest BCUT2D eigenvalue weighted by atomic mass is 10.1. The molecule has 3 aromatic rings. The second kappa shape index (κ2) is 11.2. The maximum atomic E-state index is 12.7. The van der Waals surface area contributed by atoms with E-state index >= 15 is 0 Å². The molecule has 1 unspecified atom stereocenters. The van der Waals surface area contributed by atoms with Crippen molar-refractivity contribution in [1.29, 1.82) is 0 Å². The molecule has 7 heteroatoms. The molecule has 31 heavy (non-hydrogen) atoms. The predicted molar refractivity (Wildman–Crippen MR) is 119 cm³/mol. The lowest BCUT2D eigenvalue weighted by Crippen LogP contribution is -2.26. The Morgan fingerprint density at radius 2 is 1.74 bits per heavy atom. The van der Waals surface area contributed by atoms with Gasteiger partial charge in [-0.05, 0) is 55.2 Å². The van der Waals surface area contributed by atoms with E-state index in [0.717, 1.165) is 29.7 Å². The van der Waals surface area contributed by atoms with Crippen molar-refractivity contribution in [2.24, 2.45) is 0 Å². The van der Waals surface area contributed by atoms with Crippen LogP contribution >= 0.6 is 0 Å². The average Bonchev–Trinajstić information content (AvgIpc) is 3.30. The summed E-state index contributed by atoms with van der Waals surface area (Å²) in [4.78, 5) is 16.7. The third-order valence-electron chi connectivity index (χ3n) is 4.77. The molecule has 2 aromatic carbocycles. The summed E-state index contributed by atoms with van der Waals surface area (Å²) in [6.07, 6.45) is 5.01. The Bertz CT molecular complexity index is 955. The molecule has 0 aliphatic heterocycles. The van der Waals surface area contributed by atoms with Crippen molar-refractivity contribution in [2.45, 2.75) is 46.2 Å². The maximum Gasteiger partial charge on any atom is 0.251 e. The topological polar surface area (TPSA) is 78.3 Å². The lowest BCUT2D eigenvalue weighted by Gasteiger charge is -2.18. The summed E-state index contributed by atoms with van der Waals surface area (Å²) in [5.41, 5.74) is 2.63. The van der Waals surface area contributed by atoms with Crippen molar-refractivity contribution in [3.05, 3.63) is 71.8 Å². The second-order valence-corrected chi connectivity index (χ2v) is 7.39. The molecule has 3 rings (SSSR count). The van der Waals surface area contributed by atoms with E-state index in [1.165, 1.54) is 6.33 Å². The van der Waals surface area contributed by atoms with Crippen molar-refractivity contribution < 1.29 is 14.3 Å². The Hall–Kier alpha value is -3.35. The number of amides is 1. The van der Waals surface area contributed by atoms with Gasteiger partial charge in [-0.3, -0.25) is 4.79 Å². The van der Waals surface area contributed by atoms with Crippen LogP contribution in [0.2, 0.25) is 0 Å². The smallest absolute Gasteiger partial charge is 0.251 e. The molecule has 0 spiro atoms. The van der Waals surface area contributed by atoms with E-state index in [2.05, 4.69) is 29.2 Å². The molecule has 0 fully saturated rings. The average molecular weight is 423 g/mol. The summed E-state index contributed by atoms with van der Waals surface area (Å²) in [6, 6.07) is 13.2. The molecule has 1 N–H and O–H groups in total. The second-order valence-electron chi connectivity index (χ2n) is 7.39. The van der Waals surface area contributed by atoms with Crippen molar-refractivity contribution in [1.82, 2.24) is 20.1 Å². The summed E-state index contributed by atoms with van der Waals surface area (Å²) >= 11 is 0. The van der Waals surface area contributed by atoms with Gasteiger partial charge < -0.3 is 14.8 Å². The van der Waals surface area contributed by atoms with Gasteiger partial charge in [-0.2, -0.15) is 5.10 Å². The van der Waals surface area contributed by atoms with Crippen LogP contribution in [0, 0.1) is 0 Å². The molecular formula is C24H30N4O3. The van der Waals surface area contributed by atoms with Crippen LogP contribution < -0.4 is 14.8 Å². The van der Waals surface area contributed by atoms with Crippen LogP contribution in [0.15, 0.2) is 55.1 Å². The van der Waals surface area contributed by atoms with Gasteiger partial charge in [0.1, 0.15) is 12.7 Å². The van der Waals surface area contributed by atoms with Crippen molar-refractivity contribution in [2.75, 3.05) is 13.2 Å². The SMILES string of the molecule is CCCOc1ccc(C(C)NC(=O)c2ccc(Cn3cncn3)cc2)cc1OCCC. The molecule has 0 saturated carbocycles. The molecule has 0 saturated heterocycles. The van der Waals surface area contributed by atoms with Gasteiger partial charge in [0.05, 0.1) is 25.8 Å². The van der Waals surface area contributed by atoms with Crippen LogP contribution in [-0.4, -0.2) is 33.9 Å². The van der Waals surface area contributed by atoms with E-state index in [4.69, 9.17) is 9.47 Å². The Morgan fingerprint density at radius 1 is 1.03 bits per heavy atom. The summed E-state index contributed by atoms with van der Waals surface area (Å²) in [6.45, 7) is 7.97. The number of nitrogens with one attached hydrogen (secondary N) is 1. The van der Waals surface area contributed by atoms with Gasteiger partial charge in [-0.25, -0.2) is 9.67 Å². The normalized spacial score (nSPS) is 11.7. The Kier molecular flexibility index (Phi) is 8.04. The van der Waals surface area contributed by atoms with Gasteiger partial charge in [0, 0.05) is 5.56 Å². The number of ether oxygens (including phenoxy) is 2. The molecule has 0 bridgehead atoms. The standard InChI is InChI=1S/C24H30N4O3/c1-4-12-30-22-11-10-21(14-23(22)31-13-5-2)18(3)27-24(29)20-8-6-19(7-9-20)15-28-17-25-16-26-28/h6-11,14,16-18H,4-5,12-13,15H2,1-3H3,(H,27,29). The van der Waals surface area contributed by atoms with E-state index in [-0.39, 0.29) is 11.9 Å². The Labute approximate surface area is 183 Å². The van der Waals surface area contributed by atoms with Crippen LogP contribution in [-0.2, 0) is 6.54 Å². The zero-order valence-electron chi connectivity index (χ0n) is 18.4. The van der Waals surface area contributed by atoms with E-state index in [9.17, 15) is 4.79 Å². The Balaban J connectivity index is 1.65. The van der Waals surface area contributed by atoms with Gasteiger partial charge in [0.15, 0.2) is 11.5 Å². The molecule has 0 aliphatic carbocycles. The minimum absolute atomic E-state index is 0.123. The van der Waals surface area contributed by atoms with Crippen molar-refractivity contribution in [3.8, 4) is 11.5 Å². The van der Waals surface area contributed by atoms with Crippen LogP contribution in [0.3, 0.4) is 0 Å². The van der Waals surface area contributed by atoms with Crippen molar-refractivity contribution >= 4 is 5.91 Å². The quantitative estimate of drug-likeness (QED) is 0.496. The van der Waals surface area contributed by atoms with Crippen LogP contribution in [0.5, 0.6) is 11.5 Å². The summed E-state index contributed by atoms with van der Waals surface area (Å²) < 4.78 is 13.4. The fourth-order valence-corrected chi connectivity index (χ4v) is 3.08. The molecule has 1 aromatic heterocycles. The van der Waals surface area contributed by atoms with Crippen molar-refractivity contribution in [3.63, 3.8) is 0 Å². The highest BCUT2D eigenvalue weighted by Gasteiger charge is 2.15. The number of carbonyl (C=O) groups excluding carboxylic acids is 1. The number of hydrogen-bond acceptors (Lipinski definition) is 5. The fourth-order valence-electron chi connectivity index (χ4n) is 3.08. The maximum absolute atomic E-state index is 12.7. The number of hydrogen-bond donors (Lipinski definition) is 1. The highest BCUT2D eigenvalue weighted by atomic mass is 16.5.